The summed E-state index contributed by atoms with van der Waals surface area (Å²) in [5, 5.41) is 15.4. The molecule has 110 valence electrons. The third-order valence-corrected chi connectivity index (χ3v) is 4.01. The van der Waals surface area contributed by atoms with Gasteiger partial charge in [0, 0.05) is 32.5 Å². The zero-order chi connectivity index (χ0) is 15.2. The molecule has 0 aliphatic heterocycles. The minimum Gasteiger partial charge on any atom is -0.396 e. The first kappa shape index (κ1) is 14.9. The predicted molar refractivity (Wildman–Crippen MR) is 82.2 cm³/mol. The second kappa shape index (κ2) is 6.76. The molecule has 21 heavy (non-hydrogen) atoms. The molecule has 0 saturated heterocycles. The maximum absolute atomic E-state index is 11.9. The molecule has 8 heteroatoms. The average molecular weight is 304 g/mol. The van der Waals surface area contributed by atoms with Gasteiger partial charge in [0.25, 0.3) is 5.91 Å². The minimum absolute atomic E-state index is 0.235. The number of rotatable bonds is 6. The van der Waals surface area contributed by atoms with Crippen LogP contribution in [0.4, 0.5) is 10.7 Å². The van der Waals surface area contributed by atoms with Crippen molar-refractivity contribution in [2.24, 2.45) is 0 Å². The largest absolute Gasteiger partial charge is 0.396 e. The van der Waals surface area contributed by atoms with Crippen LogP contribution in [0.15, 0.2) is 18.7 Å². The summed E-state index contributed by atoms with van der Waals surface area (Å²) in [5.74, 6) is -0.289. The Morgan fingerprint density at radius 1 is 1.62 bits per heavy atom. The van der Waals surface area contributed by atoms with Crippen LogP contribution in [0.25, 0.3) is 0 Å². The van der Waals surface area contributed by atoms with Crippen LogP contribution in [0.1, 0.15) is 21.7 Å². The molecule has 2 heterocycles. The van der Waals surface area contributed by atoms with E-state index in [-0.39, 0.29) is 11.6 Å². The molecule has 1 amide bonds. The first-order valence-electron chi connectivity index (χ1n) is 6.41. The topological polar surface area (TPSA) is 109 Å². The summed E-state index contributed by atoms with van der Waals surface area (Å²) >= 11 is 1.20. The summed E-state index contributed by atoms with van der Waals surface area (Å²) in [7, 11) is 1.54. The number of nitriles is 1. The van der Waals surface area contributed by atoms with Gasteiger partial charge in [0.1, 0.15) is 15.9 Å². The van der Waals surface area contributed by atoms with Crippen LogP contribution in [-0.4, -0.2) is 29.1 Å². The molecule has 0 aromatic carbocycles. The quantitative estimate of drug-likeness (QED) is 0.696. The number of imidazole rings is 1. The lowest BCUT2D eigenvalue weighted by molar-refractivity contribution is 0.0965. The molecule has 0 aliphatic carbocycles. The van der Waals surface area contributed by atoms with E-state index in [1.165, 1.54) is 18.4 Å². The average Bonchev–Trinajstić information content (AvgIpc) is 3.10. The number of nitrogen functional groups attached to an aromatic ring is 1. The summed E-state index contributed by atoms with van der Waals surface area (Å²) in [5.41, 5.74) is 6.43. The number of nitrogens with two attached hydrogens (primary N) is 1. The van der Waals surface area contributed by atoms with E-state index in [1.807, 2.05) is 16.8 Å². The lowest BCUT2D eigenvalue weighted by Gasteiger charge is -2.07. The smallest absolute Gasteiger partial charge is 0.256 e. The Bertz CT molecular complexity index is 655. The number of aryl methyl sites for hydroxylation is 1. The second-order valence-corrected chi connectivity index (χ2v) is 5.34. The molecular weight excluding hydrogens is 288 g/mol. The number of carbonyl (C=O) groups excluding carboxylic acids is 1. The van der Waals surface area contributed by atoms with Crippen molar-refractivity contribution in [2.45, 2.75) is 13.0 Å². The van der Waals surface area contributed by atoms with Gasteiger partial charge in [0.15, 0.2) is 0 Å². The van der Waals surface area contributed by atoms with E-state index in [0.29, 0.717) is 22.0 Å². The van der Waals surface area contributed by atoms with E-state index >= 15 is 0 Å². The first-order chi connectivity index (χ1) is 10.2. The van der Waals surface area contributed by atoms with E-state index < -0.39 is 0 Å². The molecule has 4 N–H and O–H groups in total. The molecule has 0 radical (unpaired) electrons. The lowest BCUT2D eigenvalue weighted by Crippen LogP contribution is -2.20. The lowest BCUT2D eigenvalue weighted by atomic mass is 10.2. The van der Waals surface area contributed by atoms with Gasteiger partial charge in [-0.05, 0) is 6.42 Å². The highest BCUT2D eigenvalue weighted by atomic mass is 32.1. The van der Waals surface area contributed by atoms with Crippen LogP contribution in [0.5, 0.6) is 0 Å². The number of nitrogens with zero attached hydrogens (tertiary/aromatic N) is 3. The number of thiophene rings is 1. The monoisotopic (exact) mass is 304 g/mol. The summed E-state index contributed by atoms with van der Waals surface area (Å²) in [6, 6.07) is 2.01. The maximum Gasteiger partial charge on any atom is 0.256 e. The Kier molecular flexibility index (Phi) is 4.79. The molecule has 0 spiro atoms. The highest BCUT2D eigenvalue weighted by Gasteiger charge is 2.20. The molecule has 0 bridgehead atoms. The number of anilines is 2. The van der Waals surface area contributed by atoms with Crippen LogP contribution in [0.3, 0.4) is 0 Å². The maximum atomic E-state index is 11.9. The molecule has 2 aromatic rings. The van der Waals surface area contributed by atoms with Gasteiger partial charge >= 0.3 is 0 Å². The molecule has 2 rings (SSSR count). The zero-order valence-corrected chi connectivity index (χ0v) is 12.4. The van der Waals surface area contributed by atoms with Crippen molar-refractivity contribution in [1.29, 1.82) is 5.26 Å². The van der Waals surface area contributed by atoms with Gasteiger partial charge in [0.2, 0.25) is 0 Å². The van der Waals surface area contributed by atoms with Gasteiger partial charge in [-0.25, -0.2) is 4.98 Å². The molecule has 0 atom stereocenters. The Morgan fingerprint density at radius 3 is 3.05 bits per heavy atom. The highest BCUT2D eigenvalue weighted by Crippen LogP contribution is 2.35. The van der Waals surface area contributed by atoms with Crippen LogP contribution in [0, 0.1) is 11.3 Å². The van der Waals surface area contributed by atoms with Gasteiger partial charge in [-0.15, -0.1) is 11.3 Å². The van der Waals surface area contributed by atoms with Crippen molar-refractivity contribution in [3.8, 4) is 6.07 Å². The summed E-state index contributed by atoms with van der Waals surface area (Å²) in [6.07, 6.45) is 6.25. The highest BCUT2D eigenvalue weighted by molar-refractivity contribution is 7.17. The zero-order valence-electron chi connectivity index (χ0n) is 11.6. The Morgan fingerprint density at radius 2 is 2.43 bits per heavy atom. The Labute approximate surface area is 126 Å². The third-order valence-electron chi connectivity index (χ3n) is 2.94. The molecule has 7 nitrogen and oxygen atoms in total. The Balaban J connectivity index is 2.02. The number of amides is 1. The van der Waals surface area contributed by atoms with E-state index in [1.54, 1.807) is 12.5 Å². The van der Waals surface area contributed by atoms with E-state index in [0.717, 1.165) is 13.0 Å². The molecule has 0 aliphatic rings. The number of aromatic nitrogens is 2. The van der Waals surface area contributed by atoms with Gasteiger partial charge in [-0.1, -0.05) is 0 Å². The van der Waals surface area contributed by atoms with Crippen LogP contribution in [0.2, 0.25) is 0 Å². The van der Waals surface area contributed by atoms with Crippen molar-refractivity contribution >= 4 is 27.9 Å². The van der Waals surface area contributed by atoms with E-state index in [4.69, 9.17) is 11.0 Å². The van der Waals surface area contributed by atoms with Crippen molar-refractivity contribution in [3.63, 3.8) is 0 Å². The molecule has 0 fully saturated rings. The van der Waals surface area contributed by atoms with Gasteiger partial charge in [0.05, 0.1) is 17.6 Å². The van der Waals surface area contributed by atoms with Crippen molar-refractivity contribution < 1.29 is 4.79 Å². The van der Waals surface area contributed by atoms with Gasteiger partial charge in [-0.3, -0.25) is 4.79 Å². The summed E-state index contributed by atoms with van der Waals surface area (Å²) in [6.45, 7) is 1.50. The number of hydrogen-bond donors (Lipinski definition) is 3. The molecular formula is C13H16N6OS. The fourth-order valence-corrected chi connectivity index (χ4v) is 2.83. The van der Waals surface area contributed by atoms with E-state index in [9.17, 15) is 4.79 Å². The van der Waals surface area contributed by atoms with Crippen LogP contribution in [-0.2, 0) is 6.54 Å². The number of carbonyl (C=O) groups is 1. The first-order valence-corrected chi connectivity index (χ1v) is 7.23. The summed E-state index contributed by atoms with van der Waals surface area (Å²) in [4.78, 5) is 16.2. The van der Waals surface area contributed by atoms with Gasteiger partial charge < -0.3 is 20.9 Å². The Hall–Kier alpha value is -2.53. The predicted octanol–water partition coefficient (Wildman–Crippen LogP) is 1.26. The van der Waals surface area contributed by atoms with Crippen molar-refractivity contribution in [2.75, 3.05) is 24.6 Å². The summed E-state index contributed by atoms with van der Waals surface area (Å²) < 4.78 is 1.98. The molecule has 0 saturated carbocycles. The SMILES string of the molecule is CNC(=O)c1c(NCCCn2ccnc2)sc(C#N)c1N. The third kappa shape index (κ3) is 3.32. The normalized spacial score (nSPS) is 10.1. The minimum atomic E-state index is -0.289. The standard InChI is InChI=1S/C13H16N6OS/c1-16-12(20)10-11(15)9(7-14)21-13(10)18-3-2-5-19-6-4-17-8-19/h4,6,8,18H,2-3,5,15H2,1H3,(H,16,20). The van der Waals surface area contributed by atoms with Gasteiger partial charge in [-0.2, -0.15) is 5.26 Å². The fourth-order valence-electron chi connectivity index (χ4n) is 1.88. The number of hydrogen-bond acceptors (Lipinski definition) is 6. The fraction of sp³-hybridized carbons (Fsp3) is 0.308. The van der Waals surface area contributed by atoms with Crippen molar-refractivity contribution in [1.82, 2.24) is 14.9 Å². The second-order valence-electron chi connectivity index (χ2n) is 4.32. The van der Waals surface area contributed by atoms with Crippen LogP contribution >= 0.6 is 11.3 Å². The molecule has 0 unspecified atom stereocenters. The van der Waals surface area contributed by atoms with Crippen molar-refractivity contribution in [3.05, 3.63) is 29.2 Å². The number of nitrogens with one attached hydrogen (secondary N) is 2. The van der Waals surface area contributed by atoms with Crippen LogP contribution < -0.4 is 16.4 Å². The molecule has 2 aromatic heterocycles. The van der Waals surface area contributed by atoms with E-state index in [2.05, 4.69) is 15.6 Å².